The Morgan fingerprint density at radius 3 is 0.983 bits per heavy atom. The molecule has 8 rings (SSSR count). The van der Waals surface area contributed by atoms with Crippen LogP contribution in [-0.4, -0.2) is 0 Å². The molecule has 0 unspecified atom stereocenters. The molecule has 0 radical (unpaired) electrons. The molecule has 0 atom stereocenters. The molecular weight excluding hydrogens is 713 g/mol. The minimum absolute atomic E-state index is 0.917. The van der Waals surface area contributed by atoms with Crippen molar-refractivity contribution in [3.8, 4) is 11.1 Å². The minimum Gasteiger partial charge on any atom is -0.311 e. The van der Waals surface area contributed by atoms with Crippen LogP contribution in [0.15, 0.2) is 205 Å². The van der Waals surface area contributed by atoms with Crippen LogP contribution in [-0.2, 0) is 0 Å². The third-order valence-corrected chi connectivity index (χ3v) is 10.8. The van der Waals surface area contributed by atoms with E-state index in [1.165, 1.54) is 50.2 Å². The number of aryl methyl sites for hydroxylation is 3. The van der Waals surface area contributed by atoms with Crippen molar-refractivity contribution in [2.24, 2.45) is 0 Å². The molecule has 2 nitrogen and oxygen atoms in total. The van der Waals surface area contributed by atoms with E-state index in [4.69, 9.17) is 0 Å². The Morgan fingerprint density at radius 2 is 0.627 bits per heavy atom. The van der Waals surface area contributed by atoms with Gasteiger partial charge in [-0.2, -0.15) is 0 Å². The number of nitrogens with zero attached hydrogens (tertiary/aromatic N) is 2. The molecule has 288 valence electrons. The topological polar surface area (TPSA) is 6.48 Å². The Hall–Kier alpha value is -7.16. The fourth-order valence-electron chi connectivity index (χ4n) is 7.29. The van der Waals surface area contributed by atoms with E-state index in [1.807, 2.05) is 0 Å². The Labute approximate surface area is 350 Å². The van der Waals surface area contributed by atoms with Gasteiger partial charge in [-0.15, -0.1) is 0 Å². The first-order valence-electron chi connectivity index (χ1n) is 20.5. The molecule has 0 spiro atoms. The lowest BCUT2D eigenvalue weighted by Crippen LogP contribution is -2.15. The van der Waals surface area contributed by atoms with Gasteiger partial charge in [0, 0.05) is 34.1 Å². The van der Waals surface area contributed by atoms with Gasteiger partial charge in [0.15, 0.2) is 0 Å². The van der Waals surface area contributed by atoms with E-state index >= 15 is 0 Å². The summed E-state index contributed by atoms with van der Waals surface area (Å²) in [6.07, 6.45) is 18.6. The van der Waals surface area contributed by atoms with Crippen molar-refractivity contribution in [2.75, 3.05) is 9.80 Å². The highest BCUT2D eigenvalue weighted by atomic mass is 15.1. The van der Waals surface area contributed by atoms with Gasteiger partial charge in [0.05, 0.1) is 0 Å². The van der Waals surface area contributed by atoms with Gasteiger partial charge in [0.25, 0.3) is 0 Å². The lowest BCUT2D eigenvalue weighted by Gasteiger charge is -2.26. The summed E-state index contributed by atoms with van der Waals surface area (Å²) in [4.78, 5) is 4.64. The summed E-state index contributed by atoms with van der Waals surface area (Å²) < 4.78 is 0. The molecule has 0 fully saturated rings. The molecule has 59 heavy (non-hydrogen) atoms. The van der Waals surface area contributed by atoms with Crippen molar-refractivity contribution in [1.82, 2.24) is 0 Å². The molecule has 1 aliphatic carbocycles. The third kappa shape index (κ3) is 9.70. The summed E-state index contributed by atoms with van der Waals surface area (Å²) in [5, 5.41) is 0. The van der Waals surface area contributed by atoms with Crippen molar-refractivity contribution in [2.45, 2.75) is 34.1 Å². The van der Waals surface area contributed by atoms with E-state index in [0.29, 0.717) is 0 Å². The van der Waals surface area contributed by atoms with E-state index in [-0.39, 0.29) is 0 Å². The van der Waals surface area contributed by atoms with Crippen LogP contribution >= 0.6 is 0 Å². The van der Waals surface area contributed by atoms with Crippen LogP contribution in [0.3, 0.4) is 0 Å². The largest absolute Gasteiger partial charge is 0.311 e. The second-order valence-corrected chi connectivity index (χ2v) is 15.4. The lowest BCUT2D eigenvalue weighted by atomic mass is 10.0. The number of anilines is 5. The van der Waals surface area contributed by atoms with Crippen molar-refractivity contribution < 1.29 is 0 Å². The van der Waals surface area contributed by atoms with Crippen LogP contribution in [0.2, 0.25) is 0 Å². The average molecular weight is 763 g/mol. The maximum absolute atomic E-state index is 2.34. The van der Waals surface area contributed by atoms with Gasteiger partial charge in [-0.3, -0.25) is 0 Å². The summed E-state index contributed by atoms with van der Waals surface area (Å²) in [5.74, 6) is 0. The Kier molecular flexibility index (Phi) is 11.8. The molecule has 0 heterocycles. The van der Waals surface area contributed by atoms with Gasteiger partial charge in [-0.1, -0.05) is 174 Å². The minimum atomic E-state index is 0.917. The van der Waals surface area contributed by atoms with E-state index in [2.05, 4.69) is 256 Å². The standard InChI is InChI=1S/C57H50N2/c1-42-6-5-7-52(31-8-42)58(53-32-9-43(2)10-33-53)56-38-23-48(24-39-56)17-15-46-19-27-50(28-20-46)51-29-21-47(22-30-51)16-18-49-25-40-57(41-26-49)59(54-34-11-44(3)12-35-54)55-36-13-45(4)14-37-55/h6-41H,5H2,1-4H3/b17-15+,18-16+. The van der Waals surface area contributed by atoms with E-state index < -0.39 is 0 Å². The van der Waals surface area contributed by atoms with Gasteiger partial charge in [-0.25, -0.2) is 0 Å². The summed E-state index contributed by atoms with van der Waals surface area (Å²) in [5.41, 5.74) is 19.0. The van der Waals surface area contributed by atoms with Gasteiger partial charge in [-0.05, 0) is 134 Å². The molecule has 0 N–H and O–H groups in total. The second kappa shape index (κ2) is 18.0. The molecule has 0 amide bonds. The average Bonchev–Trinajstić information content (AvgIpc) is 3.49. The van der Waals surface area contributed by atoms with Crippen molar-refractivity contribution >= 4 is 52.7 Å². The fourth-order valence-corrected chi connectivity index (χ4v) is 7.29. The van der Waals surface area contributed by atoms with Gasteiger partial charge in [0.1, 0.15) is 0 Å². The maximum atomic E-state index is 2.34. The Bertz CT molecular complexity index is 2590. The highest BCUT2D eigenvalue weighted by Crippen LogP contribution is 2.36. The summed E-state index contributed by atoms with van der Waals surface area (Å²) in [6.45, 7) is 8.54. The van der Waals surface area contributed by atoms with Crippen LogP contribution in [0.1, 0.15) is 52.3 Å². The number of benzene rings is 7. The number of hydrogen-bond acceptors (Lipinski definition) is 2. The number of rotatable bonds is 11. The van der Waals surface area contributed by atoms with Gasteiger partial charge < -0.3 is 9.80 Å². The quantitative estimate of drug-likeness (QED) is 0.121. The second-order valence-electron chi connectivity index (χ2n) is 15.4. The van der Waals surface area contributed by atoms with Crippen LogP contribution in [0.25, 0.3) is 35.4 Å². The molecule has 7 aromatic rings. The zero-order valence-electron chi connectivity index (χ0n) is 34.4. The molecular formula is C57H50N2. The maximum Gasteiger partial charge on any atom is 0.0462 e. The summed E-state index contributed by atoms with van der Waals surface area (Å²) in [7, 11) is 0. The first kappa shape index (κ1) is 38.7. The van der Waals surface area contributed by atoms with Gasteiger partial charge in [0.2, 0.25) is 0 Å². The predicted octanol–water partition coefficient (Wildman–Crippen LogP) is 16.0. The Balaban J connectivity index is 0.908. The van der Waals surface area contributed by atoms with Crippen LogP contribution in [0.5, 0.6) is 0 Å². The normalized spacial score (nSPS) is 12.7. The van der Waals surface area contributed by atoms with Crippen molar-refractivity contribution in [3.63, 3.8) is 0 Å². The summed E-state index contributed by atoms with van der Waals surface area (Å²) in [6, 6.07) is 61.4. The highest BCUT2D eigenvalue weighted by molar-refractivity contribution is 5.79. The first-order chi connectivity index (χ1) is 28.8. The molecule has 2 heteroatoms. The lowest BCUT2D eigenvalue weighted by molar-refractivity contribution is 1.18. The zero-order valence-corrected chi connectivity index (χ0v) is 34.4. The number of hydrogen-bond donors (Lipinski definition) is 0. The molecule has 0 saturated carbocycles. The fraction of sp³-hybridized carbons (Fsp3) is 0.0877. The van der Waals surface area contributed by atoms with Gasteiger partial charge >= 0.3 is 0 Å². The smallest absolute Gasteiger partial charge is 0.0462 e. The van der Waals surface area contributed by atoms with E-state index in [9.17, 15) is 0 Å². The van der Waals surface area contributed by atoms with Crippen LogP contribution in [0, 0.1) is 20.8 Å². The van der Waals surface area contributed by atoms with Crippen LogP contribution < -0.4 is 9.80 Å². The molecule has 0 saturated heterocycles. The zero-order chi connectivity index (χ0) is 40.6. The third-order valence-electron chi connectivity index (χ3n) is 10.8. The van der Waals surface area contributed by atoms with E-state index in [1.54, 1.807) is 0 Å². The predicted molar refractivity (Wildman–Crippen MR) is 256 cm³/mol. The number of allylic oxidation sites excluding steroid dienone is 5. The molecule has 0 aliphatic heterocycles. The van der Waals surface area contributed by atoms with Crippen LogP contribution in [0.4, 0.5) is 28.4 Å². The Morgan fingerprint density at radius 1 is 0.322 bits per heavy atom. The first-order valence-corrected chi connectivity index (χ1v) is 20.5. The SMILES string of the molecule is CC1=CCC=C(N(c2ccc(C)cc2)c2ccc(/C=C/c3ccc(-c4ccc(/C=C/c5ccc(N(c6ccc(C)cc6)c6ccc(C)cc6)cc5)cc4)cc3)cc2)C=C1. The van der Waals surface area contributed by atoms with E-state index in [0.717, 1.165) is 46.0 Å². The summed E-state index contributed by atoms with van der Waals surface area (Å²) >= 11 is 0. The molecule has 0 bridgehead atoms. The monoisotopic (exact) mass is 762 g/mol. The van der Waals surface area contributed by atoms with Crippen molar-refractivity contribution in [1.29, 1.82) is 0 Å². The molecule has 0 aromatic heterocycles. The molecule has 1 aliphatic rings. The molecule has 7 aromatic carbocycles. The highest BCUT2D eigenvalue weighted by Gasteiger charge is 2.15. The van der Waals surface area contributed by atoms with Crippen molar-refractivity contribution in [3.05, 3.63) is 244 Å².